The van der Waals surface area contributed by atoms with Crippen molar-refractivity contribution in [3.05, 3.63) is 0 Å². The van der Waals surface area contributed by atoms with Crippen LogP contribution < -0.4 is 5.32 Å². The molecule has 2 atom stereocenters. The molecule has 0 radical (unpaired) electrons. The summed E-state index contributed by atoms with van der Waals surface area (Å²) in [5.74, 6) is 0. The molecule has 1 saturated heterocycles. The number of halogens is 3. The van der Waals surface area contributed by atoms with Gasteiger partial charge in [-0.2, -0.15) is 13.2 Å². The number of alkyl halides is 3. The Morgan fingerprint density at radius 1 is 1.40 bits per heavy atom. The molecule has 15 heavy (non-hydrogen) atoms. The summed E-state index contributed by atoms with van der Waals surface area (Å²) < 4.78 is 46.6. The fourth-order valence-corrected chi connectivity index (χ4v) is 1.57. The zero-order valence-electron chi connectivity index (χ0n) is 8.64. The number of rotatable bonds is 4. The minimum Gasteiger partial charge on any atom is -0.376 e. The van der Waals surface area contributed by atoms with Crippen molar-refractivity contribution in [2.24, 2.45) is 0 Å². The van der Waals surface area contributed by atoms with Crippen molar-refractivity contribution < 1.29 is 22.6 Å². The molecular weight excluding hydrogens is 211 g/mol. The van der Waals surface area contributed by atoms with Gasteiger partial charge in [-0.3, -0.25) is 0 Å². The molecule has 6 heteroatoms. The summed E-state index contributed by atoms with van der Waals surface area (Å²) in [5, 5.41) is 2.84. The van der Waals surface area contributed by atoms with Gasteiger partial charge in [-0.05, 0) is 13.5 Å². The molecule has 1 fully saturated rings. The van der Waals surface area contributed by atoms with Gasteiger partial charge in [0.1, 0.15) is 0 Å². The quantitative estimate of drug-likeness (QED) is 0.786. The lowest BCUT2D eigenvalue weighted by Gasteiger charge is -2.30. The van der Waals surface area contributed by atoms with E-state index in [1.54, 1.807) is 7.05 Å². The zero-order chi connectivity index (χ0) is 11.3. The van der Waals surface area contributed by atoms with E-state index in [0.29, 0.717) is 19.8 Å². The highest BCUT2D eigenvalue weighted by Gasteiger charge is 2.31. The van der Waals surface area contributed by atoms with Gasteiger partial charge in [0.15, 0.2) is 0 Å². The first-order valence-corrected chi connectivity index (χ1v) is 4.96. The van der Waals surface area contributed by atoms with Gasteiger partial charge in [-0.15, -0.1) is 0 Å². The van der Waals surface area contributed by atoms with Crippen molar-refractivity contribution in [2.75, 3.05) is 26.9 Å². The van der Waals surface area contributed by atoms with Gasteiger partial charge >= 0.3 is 6.18 Å². The molecule has 1 N–H and O–H groups in total. The first-order chi connectivity index (χ1) is 7.03. The highest BCUT2D eigenvalue weighted by molar-refractivity contribution is 4.78. The smallest absolute Gasteiger partial charge is 0.376 e. The topological polar surface area (TPSA) is 30.5 Å². The largest absolute Gasteiger partial charge is 0.389 e. The summed E-state index contributed by atoms with van der Waals surface area (Å²) >= 11 is 0. The molecule has 3 nitrogen and oxygen atoms in total. The average Bonchev–Trinajstić information content (AvgIpc) is 2.19. The van der Waals surface area contributed by atoms with Gasteiger partial charge in [0.05, 0.1) is 25.9 Å². The summed E-state index contributed by atoms with van der Waals surface area (Å²) in [6.07, 6.45) is -5.15. The number of nitrogens with one attached hydrogen (secondary N) is 1. The Morgan fingerprint density at radius 2 is 2.13 bits per heavy atom. The molecule has 0 aromatic carbocycles. The third-order valence-electron chi connectivity index (χ3n) is 2.40. The first-order valence-electron chi connectivity index (χ1n) is 4.96. The van der Waals surface area contributed by atoms with E-state index < -0.39 is 12.6 Å². The first kappa shape index (κ1) is 12.7. The highest BCUT2D eigenvalue weighted by Crippen LogP contribution is 2.23. The van der Waals surface area contributed by atoms with Crippen LogP contribution in [0.5, 0.6) is 0 Å². The van der Waals surface area contributed by atoms with Gasteiger partial charge < -0.3 is 14.8 Å². The van der Waals surface area contributed by atoms with Gasteiger partial charge in [0.2, 0.25) is 0 Å². The van der Waals surface area contributed by atoms with E-state index in [1.165, 1.54) is 0 Å². The third-order valence-corrected chi connectivity index (χ3v) is 2.40. The second kappa shape index (κ2) is 5.67. The van der Waals surface area contributed by atoms with Crippen molar-refractivity contribution in [2.45, 2.75) is 31.2 Å². The second-order valence-electron chi connectivity index (χ2n) is 3.53. The van der Waals surface area contributed by atoms with Gasteiger partial charge in [0, 0.05) is 12.5 Å². The van der Waals surface area contributed by atoms with Crippen LogP contribution >= 0.6 is 0 Å². The Kier molecular flexibility index (Phi) is 4.82. The molecule has 0 saturated carbocycles. The van der Waals surface area contributed by atoms with Gasteiger partial charge in [-0.25, -0.2) is 0 Å². The lowest BCUT2D eigenvalue weighted by molar-refractivity contribution is -0.143. The Balaban J connectivity index is 2.34. The predicted octanol–water partition coefficient (Wildman–Crippen LogP) is 1.33. The lowest BCUT2D eigenvalue weighted by atomic mass is 10.1. The maximum Gasteiger partial charge on any atom is 0.389 e. The number of hydrogen-bond donors (Lipinski definition) is 1. The monoisotopic (exact) mass is 227 g/mol. The summed E-state index contributed by atoms with van der Waals surface area (Å²) in [7, 11) is 1.64. The summed E-state index contributed by atoms with van der Waals surface area (Å²) in [6, 6.07) is -0.299. The lowest BCUT2D eigenvalue weighted by Crippen LogP contribution is -2.45. The van der Waals surface area contributed by atoms with E-state index in [2.05, 4.69) is 5.32 Å². The molecule has 1 aliphatic heterocycles. The number of ether oxygens (including phenoxy) is 2. The molecular formula is C9H16F3NO2. The standard InChI is InChI=1S/C9H16F3NO2/c1-13-7(2-3-9(10,11)12)8-6-14-4-5-15-8/h7-8,13H,2-6H2,1H3. The van der Waals surface area contributed by atoms with E-state index >= 15 is 0 Å². The normalized spacial score (nSPS) is 25.2. The van der Waals surface area contributed by atoms with E-state index in [1.807, 2.05) is 0 Å². The number of likely N-dealkylation sites (N-methyl/N-ethyl adjacent to an activating group) is 1. The maximum atomic E-state index is 12.0. The summed E-state index contributed by atoms with van der Waals surface area (Å²) in [5.41, 5.74) is 0. The second-order valence-corrected chi connectivity index (χ2v) is 3.53. The van der Waals surface area contributed by atoms with Crippen molar-refractivity contribution in [1.29, 1.82) is 0 Å². The van der Waals surface area contributed by atoms with Crippen LogP contribution in [0.2, 0.25) is 0 Å². The Hall–Kier alpha value is -0.330. The van der Waals surface area contributed by atoms with Gasteiger partial charge in [0.25, 0.3) is 0 Å². The molecule has 0 bridgehead atoms. The molecule has 1 rings (SSSR count). The molecule has 0 aromatic rings. The Bertz CT molecular complexity index is 181. The molecule has 1 aliphatic rings. The van der Waals surface area contributed by atoms with Crippen LogP contribution in [-0.4, -0.2) is 45.2 Å². The molecule has 2 unspecified atom stereocenters. The molecule has 0 aromatic heterocycles. The van der Waals surface area contributed by atoms with Crippen molar-refractivity contribution in [3.63, 3.8) is 0 Å². The zero-order valence-corrected chi connectivity index (χ0v) is 8.64. The molecule has 0 amide bonds. The van der Waals surface area contributed by atoms with Crippen molar-refractivity contribution in [1.82, 2.24) is 5.32 Å². The SMILES string of the molecule is CNC(CCC(F)(F)F)C1COCCO1. The molecule has 0 aliphatic carbocycles. The maximum absolute atomic E-state index is 12.0. The van der Waals surface area contributed by atoms with Crippen LogP contribution in [-0.2, 0) is 9.47 Å². The van der Waals surface area contributed by atoms with E-state index in [0.717, 1.165) is 0 Å². The Labute approximate surface area is 86.9 Å². The van der Waals surface area contributed by atoms with Gasteiger partial charge in [-0.1, -0.05) is 0 Å². The van der Waals surface area contributed by atoms with Crippen LogP contribution in [0.3, 0.4) is 0 Å². The summed E-state index contributed by atoms with van der Waals surface area (Å²) in [4.78, 5) is 0. The predicted molar refractivity (Wildman–Crippen MR) is 48.7 cm³/mol. The molecule has 0 spiro atoms. The minimum atomic E-state index is -4.11. The van der Waals surface area contributed by atoms with Crippen molar-refractivity contribution >= 4 is 0 Å². The highest BCUT2D eigenvalue weighted by atomic mass is 19.4. The van der Waals surface area contributed by atoms with Crippen LogP contribution in [0.25, 0.3) is 0 Å². The van der Waals surface area contributed by atoms with E-state index in [-0.39, 0.29) is 18.6 Å². The molecule has 1 heterocycles. The summed E-state index contributed by atoms with van der Waals surface area (Å²) in [6.45, 7) is 1.34. The van der Waals surface area contributed by atoms with E-state index in [9.17, 15) is 13.2 Å². The fourth-order valence-electron chi connectivity index (χ4n) is 1.57. The average molecular weight is 227 g/mol. The fraction of sp³-hybridized carbons (Fsp3) is 1.00. The Morgan fingerprint density at radius 3 is 2.60 bits per heavy atom. The third kappa shape index (κ3) is 4.81. The van der Waals surface area contributed by atoms with Crippen LogP contribution in [0.1, 0.15) is 12.8 Å². The van der Waals surface area contributed by atoms with Crippen LogP contribution in [0.4, 0.5) is 13.2 Å². The van der Waals surface area contributed by atoms with Crippen LogP contribution in [0, 0.1) is 0 Å². The van der Waals surface area contributed by atoms with Crippen LogP contribution in [0.15, 0.2) is 0 Å². The minimum absolute atomic E-state index is 0.0219. The number of hydrogen-bond acceptors (Lipinski definition) is 3. The van der Waals surface area contributed by atoms with Crippen molar-refractivity contribution in [3.8, 4) is 0 Å². The van der Waals surface area contributed by atoms with E-state index in [4.69, 9.17) is 9.47 Å². The molecule has 90 valence electrons.